The van der Waals surface area contributed by atoms with Crippen molar-refractivity contribution in [2.24, 2.45) is 39.9 Å². The number of aliphatic hydroxyl groups is 3. The Hall–Kier alpha value is -0.680. The predicted octanol–water partition coefficient (Wildman–Crippen LogP) is 5.66. The van der Waals surface area contributed by atoms with Gasteiger partial charge in [0.05, 0.1) is 23.4 Å². The first-order chi connectivity index (χ1) is 15.6. The molecule has 0 heterocycles. The number of methoxy groups -OCH3 is 1. The first-order valence-electron chi connectivity index (χ1n) is 13.7. The number of ether oxygens (including phenoxy) is 1. The van der Waals surface area contributed by atoms with Gasteiger partial charge in [-0.2, -0.15) is 0 Å². The van der Waals surface area contributed by atoms with Crippen LogP contribution in [-0.2, 0) is 4.74 Å². The van der Waals surface area contributed by atoms with Crippen molar-refractivity contribution in [3.8, 4) is 0 Å². The molecule has 0 bridgehead atoms. The molecule has 4 rings (SSSR count). The zero-order valence-corrected chi connectivity index (χ0v) is 22.9. The van der Waals surface area contributed by atoms with Crippen molar-refractivity contribution in [2.75, 3.05) is 7.11 Å². The van der Waals surface area contributed by atoms with E-state index in [0.29, 0.717) is 11.8 Å². The van der Waals surface area contributed by atoms with Crippen LogP contribution in [0.15, 0.2) is 23.8 Å². The summed E-state index contributed by atoms with van der Waals surface area (Å²) in [6, 6.07) is 0. The van der Waals surface area contributed by atoms with E-state index in [9.17, 15) is 15.3 Å². The number of aliphatic hydroxyl groups excluding tert-OH is 2. The standard InChI is InChI=1S/C30H50O4/c1-19(10-9-14-26(2,3)33)20-13-15-29(7)25-23(31)18-22-21(11-12-24(32)27(22,4)5)30(25,34-8)17-16-28(20,29)6/h9,14,18-21,23-25,31-33H,10-13,15-17H2,1-8H3/t19-,20-,21?,23+,24+,25?,28-,29+,30-/m1/s1. The van der Waals surface area contributed by atoms with E-state index in [1.807, 2.05) is 27.0 Å². The third-order valence-corrected chi connectivity index (χ3v) is 11.4. The molecule has 34 heavy (non-hydrogen) atoms. The molecule has 0 saturated heterocycles. The van der Waals surface area contributed by atoms with Gasteiger partial charge in [-0.15, -0.1) is 0 Å². The Bertz CT molecular complexity index is 837. The van der Waals surface area contributed by atoms with Gasteiger partial charge in [0, 0.05) is 24.4 Å². The predicted molar refractivity (Wildman–Crippen MR) is 137 cm³/mol. The molecule has 3 saturated carbocycles. The van der Waals surface area contributed by atoms with E-state index in [0.717, 1.165) is 38.5 Å². The van der Waals surface area contributed by atoms with Crippen LogP contribution in [0.5, 0.6) is 0 Å². The van der Waals surface area contributed by atoms with Gasteiger partial charge in [0.2, 0.25) is 0 Å². The molecule has 3 fully saturated rings. The van der Waals surface area contributed by atoms with Crippen LogP contribution >= 0.6 is 0 Å². The number of hydrogen-bond acceptors (Lipinski definition) is 4. The summed E-state index contributed by atoms with van der Waals surface area (Å²) < 4.78 is 6.55. The average molecular weight is 475 g/mol. The highest BCUT2D eigenvalue weighted by Gasteiger charge is 2.71. The van der Waals surface area contributed by atoms with Crippen LogP contribution in [0.25, 0.3) is 0 Å². The molecule has 4 aliphatic carbocycles. The van der Waals surface area contributed by atoms with Crippen molar-refractivity contribution in [1.82, 2.24) is 0 Å². The van der Waals surface area contributed by atoms with Crippen molar-refractivity contribution in [3.63, 3.8) is 0 Å². The highest BCUT2D eigenvalue weighted by molar-refractivity contribution is 5.34. The van der Waals surface area contributed by atoms with Crippen LogP contribution in [0, 0.1) is 39.9 Å². The molecule has 2 unspecified atom stereocenters. The minimum atomic E-state index is -0.770. The third-order valence-electron chi connectivity index (χ3n) is 11.4. The first-order valence-corrected chi connectivity index (χ1v) is 13.7. The third kappa shape index (κ3) is 3.69. The lowest BCUT2D eigenvalue weighted by atomic mass is 9.41. The molecule has 0 aliphatic heterocycles. The van der Waals surface area contributed by atoms with Crippen molar-refractivity contribution < 1.29 is 20.1 Å². The first kappa shape index (κ1) is 26.4. The van der Waals surface area contributed by atoms with Gasteiger partial charge in [-0.05, 0) is 81.5 Å². The maximum Gasteiger partial charge on any atom is 0.0805 e. The Morgan fingerprint density at radius 3 is 2.35 bits per heavy atom. The number of hydrogen-bond donors (Lipinski definition) is 3. The van der Waals surface area contributed by atoms with Gasteiger partial charge in [0.15, 0.2) is 0 Å². The molecule has 4 nitrogen and oxygen atoms in total. The summed E-state index contributed by atoms with van der Waals surface area (Å²) in [5.41, 5.74) is -0.132. The number of fused-ring (bicyclic) bond motifs is 5. The normalized spacial score (nSPS) is 47.0. The van der Waals surface area contributed by atoms with E-state index in [4.69, 9.17) is 4.74 Å². The van der Waals surface area contributed by atoms with E-state index < -0.39 is 11.7 Å². The summed E-state index contributed by atoms with van der Waals surface area (Å²) in [6.45, 7) is 15.2. The minimum Gasteiger partial charge on any atom is -0.392 e. The van der Waals surface area contributed by atoms with Gasteiger partial charge in [0.25, 0.3) is 0 Å². The van der Waals surface area contributed by atoms with E-state index in [1.54, 1.807) is 0 Å². The van der Waals surface area contributed by atoms with Gasteiger partial charge in [0.1, 0.15) is 0 Å². The van der Waals surface area contributed by atoms with E-state index in [1.165, 1.54) is 12.0 Å². The average Bonchev–Trinajstić information content (AvgIpc) is 3.01. The number of rotatable bonds is 5. The summed E-state index contributed by atoms with van der Waals surface area (Å²) in [4.78, 5) is 0. The largest absolute Gasteiger partial charge is 0.392 e. The van der Waals surface area contributed by atoms with Crippen LogP contribution < -0.4 is 0 Å². The Morgan fingerprint density at radius 2 is 1.74 bits per heavy atom. The zero-order valence-electron chi connectivity index (χ0n) is 22.9. The molecule has 3 N–H and O–H groups in total. The Kier molecular flexibility index (Phi) is 6.54. The fourth-order valence-corrected chi connectivity index (χ4v) is 9.29. The van der Waals surface area contributed by atoms with Gasteiger partial charge in [-0.1, -0.05) is 58.4 Å². The highest BCUT2D eigenvalue weighted by atomic mass is 16.5. The quantitative estimate of drug-likeness (QED) is 0.450. The lowest BCUT2D eigenvalue weighted by Crippen LogP contribution is -2.68. The molecule has 194 valence electrons. The molecule has 0 aromatic carbocycles. The summed E-state index contributed by atoms with van der Waals surface area (Å²) >= 11 is 0. The van der Waals surface area contributed by atoms with Gasteiger partial charge in [-0.25, -0.2) is 0 Å². The number of allylic oxidation sites excluding steroid dienone is 1. The Labute approximate surface area is 207 Å². The fraction of sp³-hybridized carbons (Fsp3) is 0.867. The summed E-state index contributed by atoms with van der Waals surface area (Å²) in [5.74, 6) is 1.43. The van der Waals surface area contributed by atoms with Crippen LogP contribution in [0.3, 0.4) is 0 Å². The monoisotopic (exact) mass is 474 g/mol. The van der Waals surface area contributed by atoms with Crippen LogP contribution in [0.1, 0.15) is 93.4 Å². The van der Waals surface area contributed by atoms with E-state index in [2.05, 4.69) is 46.8 Å². The van der Waals surface area contributed by atoms with Gasteiger partial charge < -0.3 is 20.1 Å². The lowest BCUT2D eigenvalue weighted by molar-refractivity contribution is -0.235. The molecule has 0 aromatic rings. The molecule has 0 aromatic heterocycles. The molecule has 0 spiro atoms. The minimum absolute atomic E-state index is 0.0121. The Morgan fingerprint density at radius 1 is 1.06 bits per heavy atom. The smallest absolute Gasteiger partial charge is 0.0805 e. The van der Waals surface area contributed by atoms with E-state index in [-0.39, 0.29) is 39.8 Å². The zero-order chi connectivity index (χ0) is 25.3. The molecular formula is C30H50O4. The van der Waals surface area contributed by atoms with Crippen LogP contribution in [0.2, 0.25) is 0 Å². The molecule has 9 atom stereocenters. The molecule has 0 radical (unpaired) electrons. The Balaban J connectivity index is 1.70. The van der Waals surface area contributed by atoms with Gasteiger partial charge in [-0.3, -0.25) is 0 Å². The van der Waals surface area contributed by atoms with Crippen molar-refractivity contribution in [2.45, 2.75) is 117 Å². The van der Waals surface area contributed by atoms with Crippen LogP contribution in [-0.4, -0.2) is 45.8 Å². The second kappa shape index (κ2) is 8.43. The molecule has 4 heteroatoms. The second-order valence-corrected chi connectivity index (χ2v) is 13.9. The summed E-state index contributed by atoms with van der Waals surface area (Å²) in [6.07, 6.45) is 12.4. The van der Waals surface area contributed by atoms with E-state index >= 15 is 0 Å². The summed E-state index contributed by atoms with van der Waals surface area (Å²) in [5, 5.41) is 32.6. The summed E-state index contributed by atoms with van der Waals surface area (Å²) in [7, 11) is 1.86. The lowest BCUT2D eigenvalue weighted by Gasteiger charge is -2.66. The van der Waals surface area contributed by atoms with Crippen molar-refractivity contribution in [3.05, 3.63) is 23.8 Å². The van der Waals surface area contributed by atoms with Crippen molar-refractivity contribution >= 4 is 0 Å². The molecular weight excluding hydrogens is 424 g/mol. The topological polar surface area (TPSA) is 69.9 Å². The second-order valence-electron chi connectivity index (χ2n) is 13.9. The fourth-order valence-electron chi connectivity index (χ4n) is 9.29. The maximum atomic E-state index is 11.8. The molecule has 4 aliphatic rings. The van der Waals surface area contributed by atoms with Gasteiger partial charge >= 0.3 is 0 Å². The highest BCUT2D eigenvalue weighted by Crippen LogP contribution is 2.73. The van der Waals surface area contributed by atoms with Crippen LogP contribution in [0.4, 0.5) is 0 Å². The SMILES string of the molecule is CO[C@@]12CC[C@]3(C)[C@@H]([C@H](C)CC=CC(C)(C)O)CC[C@@]3(C)C1[C@@H](O)C=C1C2CC[C@H](O)C1(C)C. The van der Waals surface area contributed by atoms with Crippen molar-refractivity contribution in [1.29, 1.82) is 0 Å². The molecule has 0 amide bonds. The maximum absolute atomic E-state index is 11.8.